The minimum atomic E-state index is -4.13. The molecule has 8 heteroatoms. The van der Waals surface area contributed by atoms with Gasteiger partial charge in [-0.15, -0.1) is 0 Å². The molecule has 0 saturated heterocycles. The Morgan fingerprint density at radius 3 is 2.30 bits per heavy atom. The first-order valence-electron chi connectivity index (χ1n) is 5.32. The second kappa shape index (κ2) is 5.26. The molecule has 0 aromatic heterocycles. The zero-order chi connectivity index (χ0) is 14.9. The van der Waals surface area contributed by atoms with Crippen molar-refractivity contribution in [1.29, 1.82) is 0 Å². The fourth-order valence-electron chi connectivity index (χ4n) is 1.51. The van der Waals surface area contributed by atoms with Crippen LogP contribution in [0.4, 0.5) is 20.2 Å². The minimum Gasteiger partial charge on any atom is -0.397 e. The molecule has 0 saturated carbocycles. The van der Waals surface area contributed by atoms with E-state index in [-0.39, 0.29) is 16.4 Å². The molecule has 0 radical (unpaired) electrons. The third-order valence-electron chi connectivity index (χ3n) is 2.44. The molecule has 0 atom stereocenters. The van der Waals surface area contributed by atoms with Crippen LogP contribution in [-0.2, 0) is 10.0 Å². The molecule has 0 aliphatic rings. The summed E-state index contributed by atoms with van der Waals surface area (Å²) in [5.41, 5.74) is 5.38. The third kappa shape index (κ3) is 3.00. The number of rotatable bonds is 3. The number of hydrogen-bond acceptors (Lipinski definition) is 3. The maximum Gasteiger partial charge on any atom is 0.263 e. The highest BCUT2D eigenvalue weighted by Gasteiger charge is 2.20. The first-order chi connectivity index (χ1) is 9.29. The smallest absolute Gasteiger partial charge is 0.263 e. The molecule has 2 aromatic rings. The Kier molecular flexibility index (Phi) is 3.82. The number of benzene rings is 2. The first-order valence-corrected chi connectivity index (χ1v) is 7.18. The van der Waals surface area contributed by atoms with Crippen molar-refractivity contribution in [2.45, 2.75) is 4.90 Å². The molecule has 20 heavy (non-hydrogen) atoms. The van der Waals surface area contributed by atoms with Crippen LogP contribution in [0.2, 0.25) is 5.02 Å². The molecule has 2 rings (SSSR count). The van der Waals surface area contributed by atoms with E-state index in [9.17, 15) is 17.2 Å². The van der Waals surface area contributed by atoms with Crippen LogP contribution in [0.15, 0.2) is 41.3 Å². The van der Waals surface area contributed by atoms with Crippen LogP contribution in [0, 0.1) is 11.6 Å². The van der Waals surface area contributed by atoms with Gasteiger partial charge >= 0.3 is 0 Å². The maximum atomic E-state index is 13.1. The van der Waals surface area contributed by atoms with Crippen LogP contribution in [0.25, 0.3) is 0 Å². The van der Waals surface area contributed by atoms with E-state index in [1.165, 1.54) is 0 Å². The van der Waals surface area contributed by atoms with Gasteiger partial charge in [-0.25, -0.2) is 17.2 Å². The van der Waals surface area contributed by atoms with Crippen molar-refractivity contribution in [2.75, 3.05) is 10.5 Å². The van der Waals surface area contributed by atoms with Gasteiger partial charge in [0.05, 0.1) is 16.4 Å². The molecule has 0 unspecified atom stereocenters. The zero-order valence-corrected chi connectivity index (χ0v) is 11.5. The van der Waals surface area contributed by atoms with E-state index >= 15 is 0 Å². The van der Waals surface area contributed by atoms with Crippen LogP contribution >= 0.6 is 11.6 Å². The summed E-state index contributed by atoms with van der Waals surface area (Å²) in [6.45, 7) is 0. The summed E-state index contributed by atoms with van der Waals surface area (Å²) in [6.07, 6.45) is 0. The van der Waals surface area contributed by atoms with E-state index in [0.29, 0.717) is 0 Å². The second-order valence-electron chi connectivity index (χ2n) is 3.91. The lowest BCUT2D eigenvalue weighted by atomic mass is 10.3. The Labute approximate surface area is 119 Å². The van der Waals surface area contributed by atoms with Gasteiger partial charge in [0.15, 0.2) is 0 Å². The number of sulfonamides is 1. The molecule has 2 aromatic carbocycles. The lowest BCUT2D eigenvalue weighted by Gasteiger charge is -2.11. The topological polar surface area (TPSA) is 72.2 Å². The van der Waals surface area contributed by atoms with E-state index in [1.807, 2.05) is 0 Å². The van der Waals surface area contributed by atoms with E-state index in [1.54, 1.807) is 0 Å². The Balaban J connectivity index is 2.43. The highest BCUT2D eigenvalue weighted by Crippen LogP contribution is 2.27. The summed E-state index contributed by atoms with van der Waals surface area (Å²) < 4.78 is 52.3. The van der Waals surface area contributed by atoms with Gasteiger partial charge in [0, 0.05) is 0 Å². The highest BCUT2D eigenvalue weighted by atomic mass is 35.5. The predicted octanol–water partition coefficient (Wildman–Crippen LogP) is 3.00. The summed E-state index contributed by atoms with van der Waals surface area (Å²) in [4.78, 5) is -0.428. The fraction of sp³-hybridized carbons (Fsp3) is 0. The Bertz CT molecular complexity index is 766. The zero-order valence-electron chi connectivity index (χ0n) is 9.90. The van der Waals surface area contributed by atoms with Crippen LogP contribution in [0.5, 0.6) is 0 Å². The number of nitrogens with two attached hydrogens (primary N) is 1. The predicted molar refractivity (Wildman–Crippen MR) is 73.0 cm³/mol. The molecule has 0 aliphatic heterocycles. The molecule has 0 aliphatic carbocycles. The quantitative estimate of drug-likeness (QED) is 0.854. The fourth-order valence-corrected chi connectivity index (χ4v) is 3.11. The van der Waals surface area contributed by atoms with Crippen molar-refractivity contribution in [3.05, 3.63) is 53.1 Å². The minimum absolute atomic E-state index is 0.0215. The van der Waals surface area contributed by atoms with Crippen LogP contribution in [0.1, 0.15) is 0 Å². The number of anilines is 2. The monoisotopic (exact) mass is 318 g/mol. The van der Waals surface area contributed by atoms with E-state index in [2.05, 4.69) is 4.72 Å². The van der Waals surface area contributed by atoms with Crippen molar-refractivity contribution in [1.82, 2.24) is 0 Å². The molecular formula is C12H9ClF2N2O2S. The number of hydrogen-bond donors (Lipinski definition) is 2. The van der Waals surface area contributed by atoms with E-state index in [0.717, 1.165) is 36.4 Å². The Morgan fingerprint density at radius 2 is 1.65 bits per heavy atom. The van der Waals surface area contributed by atoms with Gasteiger partial charge in [-0.05, 0) is 36.4 Å². The molecule has 0 spiro atoms. The summed E-state index contributed by atoms with van der Waals surface area (Å²) in [7, 11) is -4.13. The first kappa shape index (κ1) is 14.5. The molecule has 4 nitrogen and oxygen atoms in total. The Morgan fingerprint density at radius 1 is 1.05 bits per heavy atom. The number of halogens is 3. The third-order valence-corrected chi connectivity index (χ3v) is 4.29. The van der Waals surface area contributed by atoms with Gasteiger partial charge < -0.3 is 5.73 Å². The molecule has 0 amide bonds. The molecule has 106 valence electrons. The summed E-state index contributed by atoms with van der Waals surface area (Å²) in [6, 6.07) is 6.11. The van der Waals surface area contributed by atoms with Gasteiger partial charge in [0.1, 0.15) is 16.5 Å². The molecular weight excluding hydrogens is 310 g/mol. The van der Waals surface area contributed by atoms with E-state index < -0.39 is 26.6 Å². The average Bonchev–Trinajstić information content (AvgIpc) is 2.35. The lowest BCUT2D eigenvalue weighted by Crippen LogP contribution is -2.15. The van der Waals surface area contributed by atoms with E-state index in [4.69, 9.17) is 17.3 Å². The van der Waals surface area contributed by atoms with Gasteiger partial charge in [-0.1, -0.05) is 11.6 Å². The SMILES string of the molecule is Nc1cc(F)ccc1NS(=O)(=O)c1cc(F)ccc1Cl. The Hall–Kier alpha value is -1.86. The molecule has 0 fully saturated rings. The number of nitrogen functional groups attached to an aromatic ring is 1. The summed E-state index contributed by atoms with van der Waals surface area (Å²) >= 11 is 5.73. The summed E-state index contributed by atoms with van der Waals surface area (Å²) in [5.74, 6) is -1.35. The van der Waals surface area contributed by atoms with Gasteiger partial charge in [-0.2, -0.15) is 0 Å². The van der Waals surface area contributed by atoms with Crippen LogP contribution in [-0.4, -0.2) is 8.42 Å². The largest absolute Gasteiger partial charge is 0.397 e. The lowest BCUT2D eigenvalue weighted by molar-refractivity contribution is 0.595. The summed E-state index contributed by atoms with van der Waals surface area (Å²) in [5, 5.41) is -0.139. The van der Waals surface area contributed by atoms with Gasteiger partial charge in [-0.3, -0.25) is 4.72 Å². The maximum absolute atomic E-state index is 13.1. The van der Waals surface area contributed by atoms with Crippen LogP contribution < -0.4 is 10.5 Å². The van der Waals surface area contributed by atoms with Crippen molar-refractivity contribution in [3.63, 3.8) is 0 Å². The van der Waals surface area contributed by atoms with Crippen molar-refractivity contribution in [3.8, 4) is 0 Å². The average molecular weight is 319 g/mol. The highest BCUT2D eigenvalue weighted by molar-refractivity contribution is 7.92. The molecule has 0 heterocycles. The van der Waals surface area contributed by atoms with Crippen molar-refractivity contribution in [2.24, 2.45) is 0 Å². The van der Waals surface area contributed by atoms with Crippen molar-refractivity contribution < 1.29 is 17.2 Å². The molecule has 0 bridgehead atoms. The van der Waals surface area contributed by atoms with Gasteiger partial charge in [0.2, 0.25) is 0 Å². The molecule has 3 N–H and O–H groups in total. The second-order valence-corrected chi connectivity index (χ2v) is 5.97. The van der Waals surface area contributed by atoms with Crippen LogP contribution in [0.3, 0.4) is 0 Å². The normalized spacial score (nSPS) is 11.3. The van der Waals surface area contributed by atoms with Gasteiger partial charge in [0.25, 0.3) is 10.0 Å². The number of nitrogens with one attached hydrogen (secondary N) is 1. The standard InChI is InChI=1S/C12H9ClF2N2O2S/c13-9-3-1-8(15)6-12(9)20(18,19)17-11-4-2-7(14)5-10(11)16/h1-6,17H,16H2. The van der Waals surface area contributed by atoms with Crippen molar-refractivity contribution >= 4 is 33.0 Å².